The fraction of sp³-hybridized carbons (Fsp3) is 0.471. The van der Waals surface area contributed by atoms with Crippen LogP contribution in [0.15, 0.2) is 24.3 Å². The molecular weight excluding hydrogens is 313 g/mol. The molecule has 0 unspecified atom stereocenters. The Balaban J connectivity index is 1.43. The number of Topliss-reactive ketones (excluding diaryl/α,β-unsaturated/α-hetero) is 1. The predicted molar refractivity (Wildman–Crippen MR) is 85.9 cm³/mol. The van der Waals surface area contributed by atoms with E-state index in [2.05, 4.69) is 10.2 Å². The van der Waals surface area contributed by atoms with E-state index in [4.69, 9.17) is 0 Å². The summed E-state index contributed by atoms with van der Waals surface area (Å²) in [5.41, 5.74) is 0.923. The maximum atomic E-state index is 13.0. The van der Waals surface area contributed by atoms with Crippen LogP contribution in [0, 0.1) is 11.7 Å². The second kappa shape index (κ2) is 6.98. The summed E-state index contributed by atoms with van der Waals surface area (Å²) < 4.78 is 13.0. The van der Waals surface area contributed by atoms with Crippen molar-refractivity contribution in [3.05, 3.63) is 30.1 Å². The van der Waals surface area contributed by atoms with E-state index in [1.807, 2.05) is 0 Å². The van der Waals surface area contributed by atoms with Crippen molar-refractivity contribution >= 4 is 23.3 Å². The molecule has 1 saturated carbocycles. The number of hydrogen-bond acceptors (Lipinski definition) is 4. The average molecular weight is 333 g/mol. The Kier molecular flexibility index (Phi) is 4.78. The van der Waals surface area contributed by atoms with Crippen molar-refractivity contribution in [2.75, 3.05) is 37.6 Å². The third kappa shape index (κ3) is 3.90. The van der Waals surface area contributed by atoms with E-state index in [0.717, 1.165) is 18.5 Å². The first kappa shape index (κ1) is 16.4. The molecule has 0 aromatic heterocycles. The van der Waals surface area contributed by atoms with E-state index in [1.165, 1.54) is 12.1 Å². The molecule has 1 aliphatic heterocycles. The molecule has 24 heavy (non-hydrogen) atoms. The smallest absolute Gasteiger partial charge is 0.288 e. The van der Waals surface area contributed by atoms with Gasteiger partial charge < -0.3 is 15.1 Å². The summed E-state index contributed by atoms with van der Waals surface area (Å²) >= 11 is 0. The number of nitrogens with zero attached hydrogens (tertiary/aromatic N) is 2. The number of piperazine rings is 1. The van der Waals surface area contributed by atoms with Crippen molar-refractivity contribution in [1.82, 2.24) is 10.2 Å². The van der Waals surface area contributed by atoms with Crippen LogP contribution >= 0.6 is 0 Å². The van der Waals surface area contributed by atoms with E-state index in [1.54, 1.807) is 17.0 Å². The minimum absolute atomic E-state index is 0.139. The molecule has 128 valence electrons. The quantitative estimate of drug-likeness (QED) is 0.800. The monoisotopic (exact) mass is 333 g/mol. The molecular formula is C17H20FN3O3. The lowest BCUT2D eigenvalue weighted by Gasteiger charge is -2.36. The Labute approximate surface area is 139 Å². The first-order valence-corrected chi connectivity index (χ1v) is 8.15. The summed E-state index contributed by atoms with van der Waals surface area (Å²) in [5.74, 6) is -1.67. The number of carbonyl (C=O) groups is 3. The number of halogens is 1. The van der Waals surface area contributed by atoms with E-state index in [0.29, 0.717) is 26.2 Å². The van der Waals surface area contributed by atoms with Gasteiger partial charge in [-0.05, 0) is 37.1 Å². The van der Waals surface area contributed by atoms with Crippen LogP contribution in [0.1, 0.15) is 12.8 Å². The molecule has 2 fully saturated rings. The van der Waals surface area contributed by atoms with Crippen molar-refractivity contribution < 1.29 is 18.8 Å². The zero-order chi connectivity index (χ0) is 17.1. The molecule has 1 N–H and O–H groups in total. The van der Waals surface area contributed by atoms with Gasteiger partial charge in [-0.15, -0.1) is 0 Å². The maximum Gasteiger partial charge on any atom is 0.288 e. The lowest BCUT2D eigenvalue weighted by atomic mass is 10.2. The van der Waals surface area contributed by atoms with Crippen molar-refractivity contribution in [2.45, 2.75) is 12.8 Å². The van der Waals surface area contributed by atoms with Crippen LogP contribution in [0.5, 0.6) is 0 Å². The molecule has 0 bridgehead atoms. The fourth-order valence-electron chi connectivity index (χ4n) is 2.75. The summed E-state index contributed by atoms with van der Waals surface area (Å²) in [6.07, 6.45) is 1.54. The second-order valence-corrected chi connectivity index (χ2v) is 6.17. The number of carbonyl (C=O) groups excluding carboxylic acids is 3. The van der Waals surface area contributed by atoms with Crippen LogP contribution in [-0.2, 0) is 14.4 Å². The molecule has 1 aromatic rings. The molecule has 0 atom stereocenters. The van der Waals surface area contributed by atoms with Gasteiger partial charge in [0.05, 0.1) is 6.54 Å². The number of hydrogen-bond donors (Lipinski definition) is 1. The van der Waals surface area contributed by atoms with E-state index >= 15 is 0 Å². The summed E-state index contributed by atoms with van der Waals surface area (Å²) in [7, 11) is 0. The summed E-state index contributed by atoms with van der Waals surface area (Å²) in [6, 6.07) is 6.27. The van der Waals surface area contributed by atoms with E-state index in [9.17, 15) is 18.8 Å². The third-order valence-electron chi connectivity index (χ3n) is 4.40. The van der Waals surface area contributed by atoms with Gasteiger partial charge in [-0.1, -0.05) is 0 Å². The SMILES string of the molecule is O=C(NCC(=O)N1CCN(c2ccc(F)cc2)CC1)C(=O)C1CC1. The molecule has 1 aromatic carbocycles. The highest BCUT2D eigenvalue weighted by molar-refractivity contribution is 6.37. The molecule has 1 saturated heterocycles. The highest BCUT2D eigenvalue weighted by Crippen LogP contribution is 2.29. The molecule has 7 heteroatoms. The van der Waals surface area contributed by atoms with Gasteiger partial charge in [0.1, 0.15) is 5.82 Å². The van der Waals surface area contributed by atoms with Gasteiger partial charge in [0, 0.05) is 37.8 Å². The molecule has 3 rings (SSSR count). The lowest BCUT2D eigenvalue weighted by molar-refractivity contribution is -0.140. The van der Waals surface area contributed by atoms with Crippen LogP contribution in [-0.4, -0.2) is 55.2 Å². The molecule has 0 radical (unpaired) electrons. The number of rotatable bonds is 5. The number of nitrogens with one attached hydrogen (secondary N) is 1. The minimum Gasteiger partial charge on any atom is -0.368 e. The molecule has 2 amide bonds. The zero-order valence-electron chi connectivity index (χ0n) is 13.3. The van der Waals surface area contributed by atoms with E-state index in [-0.39, 0.29) is 24.2 Å². The number of anilines is 1. The minimum atomic E-state index is -0.657. The first-order valence-electron chi connectivity index (χ1n) is 8.15. The van der Waals surface area contributed by atoms with Crippen LogP contribution in [0.2, 0.25) is 0 Å². The maximum absolute atomic E-state index is 13.0. The standard InChI is InChI=1S/C17H20FN3O3/c18-13-3-5-14(6-4-13)20-7-9-21(10-8-20)15(22)11-19-17(24)16(23)12-1-2-12/h3-6,12H,1-2,7-11H2,(H,19,24). The summed E-state index contributed by atoms with van der Waals surface area (Å²) in [6.45, 7) is 2.21. The number of benzene rings is 1. The van der Waals surface area contributed by atoms with Gasteiger partial charge in [0.2, 0.25) is 11.7 Å². The molecule has 2 aliphatic rings. The van der Waals surface area contributed by atoms with Gasteiger partial charge in [-0.2, -0.15) is 0 Å². The highest BCUT2D eigenvalue weighted by atomic mass is 19.1. The predicted octanol–water partition coefficient (Wildman–Crippen LogP) is 0.570. The topological polar surface area (TPSA) is 69.7 Å². The Hall–Kier alpha value is -2.44. The van der Waals surface area contributed by atoms with E-state index < -0.39 is 11.7 Å². The average Bonchev–Trinajstić information content (AvgIpc) is 3.44. The van der Waals surface area contributed by atoms with Crippen LogP contribution in [0.3, 0.4) is 0 Å². The number of ketones is 1. The first-order chi connectivity index (χ1) is 11.5. The van der Waals surface area contributed by atoms with Gasteiger partial charge in [0.25, 0.3) is 5.91 Å². The zero-order valence-corrected chi connectivity index (χ0v) is 13.3. The molecule has 1 aliphatic carbocycles. The van der Waals surface area contributed by atoms with Gasteiger partial charge in [-0.3, -0.25) is 14.4 Å². The number of amides is 2. The second-order valence-electron chi connectivity index (χ2n) is 6.17. The molecule has 0 spiro atoms. The Morgan fingerprint density at radius 1 is 1.04 bits per heavy atom. The van der Waals surface area contributed by atoms with Crippen LogP contribution in [0.4, 0.5) is 10.1 Å². The van der Waals surface area contributed by atoms with Gasteiger partial charge in [0.15, 0.2) is 0 Å². The normalized spacial score (nSPS) is 17.5. The van der Waals surface area contributed by atoms with Crippen molar-refractivity contribution in [2.24, 2.45) is 5.92 Å². The van der Waals surface area contributed by atoms with Crippen molar-refractivity contribution in [1.29, 1.82) is 0 Å². The summed E-state index contributed by atoms with van der Waals surface area (Å²) in [4.78, 5) is 39.0. The van der Waals surface area contributed by atoms with Crippen molar-refractivity contribution in [3.8, 4) is 0 Å². The fourth-order valence-corrected chi connectivity index (χ4v) is 2.75. The highest BCUT2D eigenvalue weighted by Gasteiger charge is 2.34. The Bertz CT molecular complexity index is 635. The Morgan fingerprint density at radius 3 is 2.25 bits per heavy atom. The summed E-state index contributed by atoms with van der Waals surface area (Å²) in [5, 5.41) is 2.42. The van der Waals surface area contributed by atoms with Crippen molar-refractivity contribution in [3.63, 3.8) is 0 Å². The van der Waals surface area contributed by atoms with Crippen LogP contribution < -0.4 is 10.2 Å². The lowest BCUT2D eigenvalue weighted by Crippen LogP contribution is -2.51. The largest absolute Gasteiger partial charge is 0.368 e. The van der Waals surface area contributed by atoms with Gasteiger partial charge >= 0.3 is 0 Å². The molecule has 1 heterocycles. The Morgan fingerprint density at radius 2 is 1.67 bits per heavy atom. The van der Waals surface area contributed by atoms with Crippen LogP contribution in [0.25, 0.3) is 0 Å². The third-order valence-corrected chi connectivity index (χ3v) is 4.40. The van der Waals surface area contributed by atoms with Gasteiger partial charge in [-0.25, -0.2) is 4.39 Å². The molecule has 6 nitrogen and oxygen atoms in total.